The van der Waals surface area contributed by atoms with Gasteiger partial charge in [0.25, 0.3) is 0 Å². The monoisotopic (exact) mass is 657 g/mol. The van der Waals surface area contributed by atoms with Gasteiger partial charge >= 0.3 is 17.1 Å². The molecule has 0 aliphatic heterocycles. The van der Waals surface area contributed by atoms with Crippen molar-refractivity contribution in [3.05, 3.63) is 130 Å². The minimum Gasteiger partial charge on any atom is -0.872 e. The van der Waals surface area contributed by atoms with Gasteiger partial charge in [-0.3, -0.25) is 9.98 Å². The predicted octanol–water partition coefficient (Wildman–Crippen LogP) is 7.11. The summed E-state index contributed by atoms with van der Waals surface area (Å²) in [5.74, 6) is -0.120. The minimum atomic E-state index is -0.0600. The quantitative estimate of drug-likeness (QED) is 0.135. The van der Waals surface area contributed by atoms with Gasteiger partial charge in [-0.2, -0.15) is 0 Å². The summed E-state index contributed by atoms with van der Waals surface area (Å²) in [6.07, 6.45) is 8.88. The van der Waals surface area contributed by atoms with Gasteiger partial charge in [-0.05, 0) is 71.5 Å². The Morgan fingerprint density at radius 3 is 1.47 bits per heavy atom. The standard InChI is InChI=1S/2C17H15ClN2O.Cu/c2*18-14-5-6-17(21)13(9-14)10-19-8-7-12-11-20-16-4-2-1-3-15(12)16;/h2*1-6,9-11,20-21H,7-8H2;/q;;+2/p-2. The van der Waals surface area contributed by atoms with Gasteiger partial charge < -0.3 is 20.2 Å². The summed E-state index contributed by atoms with van der Waals surface area (Å²) < 4.78 is 0. The Balaban J connectivity index is 0.000000192. The Bertz CT molecular complexity index is 1730. The van der Waals surface area contributed by atoms with Gasteiger partial charge in [-0.1, -0.05) is 83.2 Å². The molecule has 0 fully saturated rings. The van der Waals surface area contributed by atoms with Crippen LogP contribution in [0.2, 0.25) is 10.0 Å². The largest absolute Gasteiger partial charge is 2.00 e. The van der Waals surface area contributed by atoms with Crippen LogP contribution in [0.25, 0.3) is 21.8 Å². The van der Waals surface area contributed by atoms with Crippen molar-refractivity contribution in [1.82, 2.24) is 9.97 Å². The summed E-state index contributed by atoms with van der Waals surface area (Å²) in [6, 6.07) is 25.7. The minimum absolute atomic E-state index is 0. The summed E-state index contributed by atoms with van der Waals surface area (Å²) in [7, 11) is 0. The molecule has 4 aromatic carbocycles. The van der Waals surface area contributed by atoms with Crippen LogP contribution in [-0.4, -0.2) is 35.5 Å². The van der Waals surface area contributed by atoms with E-state index < -0.39 is 0 Å². The molecule has 0 aliphatic rings. The average molecular weight is 659 g/mol. The zero-order valence-electron chi connectivity index (χ0n) is 23.0. The average Bonchev–Trinajstić information content (AvgIpc) is 3.61. The van der Waals surface area contributed by atoms with Crippen molar-refractivity contribution in [3.63, 3.8) is 0 Å². The van der Waals surface area contributed by atoms with Crippen LogP contribution in [0.1, 0.15) is 22.3 Å². The number of hydrogen-bond donors (Lipinski definition) is 2. The van der Waals surface area contributed by atoms with E-state index in [4.69, 9.17) is 23.2 Å². The molecule has 6 rings (SSSR count). The van der Waals surface area contributed by atoms with Crippen molar-refractivity contribution in [1.29, 1.82) is 0 Å². The molecule has 43 heavy (non-hydrogen) atoms. The number of para-hydroxylation sites is 2. The number of halogens is 2. The molecule has 0 bridgehead atoms. The number of hydrogen-bond acceptors (Lipinski definition) is 4. The maximum Gasteiger partial charge on any atom is 2.00 e. The summed E-state index contributed by atoms with van der Waals surface area (Å²) in [5, 5.41) is 26.8. The first kappa shape index (κ1) is 31.9. The normalized spacial score (nSPS) is 11.2. The molecule has 0 saturated carbocycles. The molecular formula is C34H28Cl2CuN4O2. The Morgan fingerprint density at radius 2 is 1.02 bits per heavy atom. The summed E-state index contributed by atoms with van der Waals surface area (Å²) in [6.45, 7) is 1.27. The number of fused-ring (bicyclic) bond motifs is 2. The third-order valence-corrected chi connectivity index (χ3v) is 7.24. The molecule has 6 nitrogen and oxygen atoms in total. The smallest absolute Gasteiger partial charge is 0.872 e. The first-order chi connectivity index (χ1) is 20.5. The second-order valence-electron chi connectivity index (χ2n) is 9.65. The zero-order chi connectivity index (χ0) is 29.3. The maximum atomic E-state index is 11.6. The van der Waals surface area contributed by atoms with E-state index >= 15 is 0 Å². The van der Waals surface area contributed by atoms with E-state index in [2.05, 4.69) is 44.2 Å². The van der Waals surface area contributed by atoms with Crippen LogP contribution >= 0.6 is 23.2 Å². The number of benzene rings is 4. The fourth-order valence-electron chi connectivity index (χ4n) is 4.61. The van der Waals surface area contributed by atoms with Crippen molar-refractivity contribution < 1.29 is 27.3 Å². The third kappa shape index (κ3) is 8.53. The van der Waals surface area contributed by atoms with Crippen LogP contribution in [0.4, 0.5) is 0 Å². The molecule has 2 N–H and O–H groups in total. The number of aromatic amines is 2. The topological polar surface area (TPSA) is 102 Å². The van der Waals surface area contributed by atoms with E-state index in [1.165, 1.54) is 34.0 Å². The maximum absolute atomic E-state index is 11.6. The summed E-state index contributed by atoms with van der Waals surface area (Å²) in [5.41, 5.74) is 5.79. The molecule has 2 heterocycles. The van der Waals surface area contributed by atoms with Crippen LogP contribution in [0.3, 0.4) is 0 Å². The first-order valence-electron chi connectivity index (χ1n) is 13.5. The van der Waals surface area contributed by atoms with Crippen LogP contribution in [-0.2, 0) is 29.9 Å². The molecule has 0 spiro atoms. The van der Waals surface area contributed by atoms with Crippen molar-refractivity contribution in [3.8, 4) is 11.5 Å². The Kier molecular flexibility index (Phi) is 11.5. The molecule has 0 saturated heterocycles. The van der Waals surface area contributed by atoms with Gasteiger partial charge in [0.2, 0.25) is 0 Å². The summed E-state index contributed by atoms with van der Waals surface area (Å²) in [4.78, 5) is 15.1. The van der Waals surface area contributed by atoms with Crippen molar-refractivity contribution in [2.45, 2.75) is 12.8 Å². The number of aliphatic imine (C=N–C) groups is 2. The van der Waals surface area contributed by atoms with Crippen LogP contribution in [0, 0.1) is 0 Å². The number of aromatic nitrogens is 2. The molecule has 9 heteroatoms. The number of H-pyrrole nitrogens is 2. The molecule has 6 aromatic rings. The molecule has 2 aromatic heterocycles. The fourth-order valence-corrected chi connectivity index (χ4v) is 4.97. The number of nitrogens with one attached hydrogen (secondary N) is 2. The van der Waals surface area contributed by atoms with E-state index in [9.17, 15) is 10.2 Å². The third-order valence-electron chi connectivity index (χ3n) is 6.77. The van der Waals surface area contributed by atoms with Gasteiger partial charge in [0, 0.05) is 69.8 Å². The fraction of sp³-hybridized carbons (Fsp3) is 0.118. The summed E-state index contributed by atoms with van der Waals surface area (Å²) >= 11 is 11.7. The number of nitrogens with zero attached hydrogens (tertiary/aromatic N) is 2. The second kappa shape index (κ2) is 15.5. The van der Waals surface area contributed by atoms with Crippen LogP contribution in [0.5, 0.6) is 11.5 Å². The SMILES string of the molecule is [Cu+2].[O-]c1ccc(Cl)cc1C=NCCc1c[nH]c2ccccc12.[O-]c1ccc(Cl)cc1C=NCCc1c[nH]c2ccccc12. The first-order valence-corrected chi connectivity index (χ1v) is 14.3. The molecule has 1 radical (unpaired) electrons. The Labute approximate surface area is 270 Å². The second-order valence-corrected chi connectivity index (χ2v) is 10.5. The van der Waals surface area contributed by atoms with Gasteiger partial charge in [0.15, 0.2) is 0 Å². The van der Waals surface area contributed by atoms with E-state index in [0.717, 1.165) is 23.9 Å². The van der Waals surface area contributed by atoms with E-state index in [1.807, 2.05) is 36.7 Å². The van der Waals surface area contributed by atoms with E-state index in [-0.39, 0.29) is 28.6 Å². The van der Waals surface area contributed by atoms with Gasteiger partial charge in [-0.25, -0.2) is 0 Å². The molecule has 0 amide bonds. The molecule has 0 unspecified atom stereocenters. The van der Waals surface area contributed by atoms with Gasteiger partial charge in [-0.15, -0.1) is 0 Å². The van der Waals surface area contributed by atoms with E-state index in [1.54, 1.807) is 36.7 Å². The van der Waals surface area contributed by atoms with Crippen molar-refractivity contribution in [2.75, 3.05) is 13.1 Å². The van der Waals surface area contributed by atoms with Crippen LogP contribution < -0.4 is 10.2 Å². The van der Waals surface area contributed by atoms with E-state index in [0.29, 0.717) is 34.3 Å². The number of rotatable bonds is 8. The Hall–Kier alpha value is -4.00. The molecule has 221 valence electrons. The molecule has 0 atom stereocenters. The molecular weight excluding hydrogens is 631 g/mol. The zero-order valence-corrected chi connectivity index (χ0v) is 25.4. The van der Waals surface area contributed by atoms with Crippen molar-refractivity contribution in [2.24, 2.45) is 9.98 Å². The van der Waals surface area contributed by atoms with Crippen LogP contribution in [0.15, 0.2) is 107 Å². The predicted molar refractivity (Wildman–Crippen MR) is 171 cm³/mol. The van der Waals surface area contributed by atoms with Gasteiger partial charge in [0.1, 0.15) is 0 Å². The van der Waals surface area contributed by atoms with Gasteiger partial charge in [0.05, 0.1) is 0 Å². The van der Waals surface area contributed by atoms with Crippen molar-refractivity contribution >= 4 is 57.4 Å². The Morgan fingerprint density at radius 1 is 0.605 bits per heavy atom. The molecule has 0 aliphatic carbocycles.